The zero-order valence-corrected chi connectivity index (χ0v) is 34.8. The van der Waals surface area contributed by atoms with E-state index >= 15 is 0 Å². The first-order valence-electron chi connectivity index (χ1n) is 21.4. The number of phosphoric ester groups is 1. The number of esters is 2. The zero-order chi connectivity index (χ0) is 38.0. The summed E-state index contributed by atoms with van der Waals surface area (Å²) in [7, 11) is -2.76. The van der Waals surface area contributed by atoms with Crippen LogP contribution in [0.3, 0.4) is 0 Å². The van der Waals surface area contributed by atoms with E-state index in [-0.39, 0.29) is 38.5 Å². The Morgan fingerprint density at radius 2 is 1.08 bits per heavy atom. The average Bonchev–Trinajstić information content (AvgIpc) is 3.61. The molecule has 0 aliphatic carbocycles. The predicted molar refractivity (Wildman–Crippen MR) is 208 cm³/mol. The number of carbonyl (C=O) groups is 2. The summed E-state index contributed by atoms with van der Waals surface area (Å²) >= 11 is 0. The molecule has 0 spiro atoms. The maximum atomic E-state index is 13.3. The lowest BCUT2D eigenvalue weighted by molar-refractivity contribution is -0.161. The van der Waals surface area contributed by atoms with E-state index in [1.54, 1.807) is 0 Å². The molecule has 0 aromatic rings. The number of rotatable bonds is 38. The average molecular weight is 763 g/mol. The maximum Gasteiger partial charge on any atom is 0.474 e. The quantitative estimate of drug-likeness (QED) is 0.0342. The van der Waals surface area contributed by atoms with Crippen molar-refractivity contribution in [1.29, 1.82) is 0 Å². The van der Waals surface area contributed by atoms with E-state index in [2.05, 4.69) is 20.8 Å². The van der Waals surface area contributed by atoms with Gasteiger partial charge in [-0.05, 0) is 25.7 Å². The third-order valence-corrected chi connectivity index (χ3v) is 11.0. The molecule has 0 saturated carbocycles. The van der Waals surface area contributed by atoms with E-state index < -0.39 is 26.0 Å². The standard InChI is InChI=1S/C41H79O10P/c1-5-8-11-13-15-17-19-21-23-25-28-30-39(42)46-33-37(50-40(43)31-29-26-24-22-20-18-16-14-12-9-6-2)35-48-52(44,45-4)49-36-38-34-47-41(51-38)32-27-10-7-3/h37-38,41H,5-36H2,1-4H3/t37-,38?,41?,52?/m1/s1. The summed E-state index contributed by atoms with van der Waals surface area (Å²) < 4.78 is 52.2. The second kappa shape index (κ2) is 34.5. The van der Waals surface area contributed by atoms with E-state index in [0.717, 1.165) is 64.2 Å². The van der Waals surface area contributed by atoms with Crippen molar-refractivity contribution in [3.8, 4) is 0 Å². The molecule has 0 amide bonds. The molecule has 0 aromatic carbocycles. The van der Waals surface area contributed by atoms with Crippen molar-refractivity contribution in [1.82, 2.24) is 0 Å². The molecule has 4 atom stereocenters. The molecule has 1 aliphatic rings. The fraction of sp³-hybridized carbons (Fsp3) is 0.951. The van der Waals surface area contributed by atoms with Crippen molar-refractivity contribution >= 4 is 19.8 Å². The number of hydrogen-bond donors (Lipinski definition) is 0. The number of phosphoric acid groups is 1. The van der Waals surface area contributed by atoms with Crippen LogP contribution in [0.2, 0.25) is 0 Å². The first-order chi connectivity index (χ1) is 25.4. The van der Waals surface area contributed by atoms with Gasteiger partial charge in [-0.25, -0.2) is 4.57 Å². The van der Waals surface area contributed by atoms with Gasteiger partial charge in [-0.2, -0.15) is 0 Å². The topological polar surface area (TPSA) is 116 Å². The lowest BCUT2D eigenvalue weighted by Gasteiger charge is -2.22. The van der Waals surface area contributed by atoms with Crippen LogP contribution in [-0.2, 0) is 46.7 Å². The van der Waals surface area contributed by atoms with Crippen LogP contribution in [0, 0.1) is 0 Å². The number of carbonyl (C=O) groups excluding carboxylic acids is 2. The molecule has 52 heavy (non-hydrogen) atoms. The molecule has 1 saturated heterocycles. The van der Waals surface area contributed by atoms with Crippen molar-refractivity contribution in [2.45, 2.75) is 219 Å². The zero-order valence-electron chi connectivity index (χ0n) is 33.9. The Balaban J connectivity index is 2.47. The van der Waals surface area contributed by atoms with E-state index in [9.17, 15) is 14.2 Å². The molecule has 0 radical (unpaired) electrons. The highest BCUT2D eigenvalue weighted by molar-refractivity contribution is 7.48. The number of ether oxygens (including phenoxy) is 4. The second-order valence-corrected chi connectivity index (χ2v) is 16.4. The summed E-state index contributed by atoms with van der Waals surface area (Å²) in [5, 5.41) is 0. The van der Waals surface area contributed by atoms with Gasteiger partial charge in [0.2, 0.25) is 0 Å². The lowest BCUT2D eigenvalue weighted by atomic mass is 10.1. The van der Waals surface area contributed by atoms with E-state index in [4.69, 9.17) is 32.5 Å². The minimum atomic E-state index is -4.00. The van der Waals surface area contributed by atoms with Crippen LogP contribution in [0.4, 0.5) is 0 Å². The number of unbranched alkanes of at least 4 members (excludes halogenated alkanes) is 22. The minimum absolute atomic E-state index is 0.0351. The first kappa shape index (κ1) is 49.0. The van der Waals surface area contributed by atoms with Crippen molar-refractivity contribution in [3.05, 3.63) is 0 Å². The second-order valence-electron chi connectivity index (χ2n) is 14.6. The van der Waals surface area contributed by atoms with Gasteiger partial charge in [0.1, 0.15) is 12.7 Å². The van der Waals surface area contributed by atoms with E-state index in [1.165, 1.54) is 110 Å². The normalized spacial score (nSPS) is 17.6. The predicted octanol–water partition coefficient (Wildman–Crippen LogP) is 12.0. The molecule has 1 aliphatic heterocycles. The van der Waals surface area contributed by atoms with Gasteiger partial charge in [-0.15, -0.1) is 0 Å². The first-order valence-corrected chi connectivity index (χ1v) is 22.9. The van der Waals surface area contributed by atoms with Gasteiger partial charge in [0.15, 0.2) is 12.4 Å². The Labute approximate surface area is 318 Å². The highest BCUT2D eigenvalue weighted by Gasteiger charge is 2.33. The fourth-order valence-corrected chi connectivity index (χ4v) is 7.27. The van der Waals surface area contributed by atoms with Crippen LogP contribution in [-0.4, -0.2) is 64.0 Å². The van der Waals surface area contributed by atoms with Crippen LogP contribution in [0.5, 0.6) is 0 Å². The molecule has 10 nitrogen and oxygen atoms in total. The van der Waals surface area contributed by atoms with Crippen molar-refractivity contribution in [2.24, 2.45) is 0 Å². The van der Waals surface area contributed by atoms with Crippen LogP contribution in [0.1, 0.15) is 201 Å². The Morgan fingerprint density at radius 1 is 0.615 bits per heavy atom. The number of hydrogen-bond acceptors (Lipinski definition) is 10. The van der Waals surface area contributed by atoms with Crippen molar-refractivity contribution < 1.29 is 46.7 Å². The molecule has 1 rings (SSSR count). The van der Waals surface area contributed by atoms with Gasteiger partial charge in [-0.3, -0.25) is 23.2 Å². The fourth-order valence-electron chi connectivity index (χ4n) is 6.29. The molecule has 0 aromatic heterocycles. The highest BCUT2D eigenvalue weighted by Crippen LogP contribution is 2.49. The molecule has 1 heterocycles. The summed E-state index contributed by atoms with van der Waals surface area (Å²) in [5.74, 6) is -0.745. The summed E-state index contributed by atoms with van der Waals surface area (Å²) in [5.41, 5.74) is 0. The summed E-state index contributed by atoms with van der Waals surface area (Å²) in [4.78, 5) is 25.3. The molecule has 0 bridgehead atoms. The Kier molecular flexibility index (Phi) is 32.5. The smallest absolute Gasteiger partial charge is 0.462 e. The maximum absolute atomic E-state index is 13.3. The van der Waals surface area contributed by atoms with Gasteiger partial charge in [0.05, 0.1) is 19.8 Å². The van der Waals surface area contributed by atoms with Gasteiger partial charge in [0.25, 0.3) is 0 Å². The van der Waals surface area contributed by atoms with E-state index in [0.29, 0.717) is 13.0 Å². The van der Waals surface area contributed by atoms with E-state index in [1.807, 2.05) is 0 Å². The molecular formula is C41H79O10P. The Hall–Kier alpha value is -1.03. The molecule has 3 unspecified atom stereocenters. The molecular weight excluding hydrogens is 683 g/mol. The van der Waals surface area contributed by atoms with Gasteiger partial charge in [-0.1, -0.05) is 162 Å². The molecule has 1 fully saturated rings. The van der Waals surface area contributed by atoms with Gasteiger partial charge < -0.3 is 18.9 Å². The van der Waals surface area contributed by atoms with Gasteiger partial charge >= 0.3 is 19.8 Å². The summed E-state index contributed by atoms with van der Waals surface area (Å²) in [6, 6.07) is 0. The van der Waals surface area contributed by atoms with Gasteiger partial charge in [0, 0.05) is 20.0 Å². The highest BCUT2D eigenvalue weighted by atomic mass is 31.2. The monoisotopic (exact) mass is 763 g/mol. The molecule has 0 N–H and O–H groups in total. The largest absolute Gasteiger partial charge is 0.474 e. The summed E-state index contributed by atoms with van der Waals surface area (Å²) in [6.45, 7) is 6.42. The van der Waals surface area contributed by atoms with Crippen LogP contribution in [0.25, 0.3) is 0 Å². The lowest BCUT2D eigenvalue weighted by Crippen LogP contribution is -2.30. The third-order valence-electron chi connectivity index (χ3n) is 9.61. The Bertz CT molecular complexity index is 888. The van der Waals surface area contributed by atoms with Crippen molar-refractivity contribution in [2.75, 3.05) is 33.5 Å². The molecule has 11 heteroatoms. The Morgan fingerprint density at radius 3 is 1.58 bits per heavy atom. The summed E-state index contributed by atoms with van der Waals surface area (Å²) in [6.07, 6.45) is 29.2. The minimum Gasteiger partial charge on any atom is -0.462 e. The van der Waals surface area contributed by atoms with Crippen LogP contribution < -0.4 is 0 Å². The van der Waals surface area contributed by atoms with Crippen molar-refractivity contribution in [3.63, 3.8) is 0 Å². The van der Waals surface area contributed by atoms with Crippen LogP contribution in [0.15, 0.2) is 0 Å². The SMILES string of the molecule is CCCCCCCCCCCCCC(=O)OC[C@H](COP(=O)(OC)OCC1COC(CCCCC)O1)OC(=O)CCCCCCCCCCCCC. The third kappa shape index (κ3) is 28.4. The molecule has 308 valence electrons. The van der Waals surface area contributed by atoms with Crippen LogP contribution >= 0.6 is 7.82 Å².